The smallest absolute Gasteiger partial charge is 0.0753 e. The van der Waals surface area contributed by atoms with Crippen molar-refractivity contribution in [3.63, 3.8) is 0 Å². The van der Waals surface area contributed by atoms with Gasteiger partial charge in [0.1, 0.15) is 0 Å². The molecule has 0 saturated heterocycles. The van der Waals surface area contributed by atoms with E-state index in [2.05, 4.69) is 52.8 Å². The van der Waals surface area contributed by atoms with E-state index in [0.29, 0.717) is 0 Å². The molecule has 0 aliphatic heterocycles. The van der Waals surface area contributed by atoms with Crippen molar-refractivity contribution >= 4 is 10.9 Å². The summed E-state index contributed by atoms with van der Waals surface area (Å²) in [6.07, 6.45) is 5.85. The normalized spacial score (nSPS) is 12.7. The van der Waals surface area contributed by atoms with Gasteiger partial charge in [-0.2, -0.15) is 5.10 Å². The Morgan fingerprint density at radius 1 is 1.25 bits per heavy atom. The van der Waals surface area contributed by atoms with E-state index in [4.69, 9.17) is 0 Å². The Morgan fingerprint density at radius 3 is 2.85 bits per heavy atom. The summed E-state index contributed by atoms with van der Waals surface area (Å²) in [7, 11) is 1.97. The van der Waals surface area contributed by atoms with Crippen molar-refractivity contribution in [3.8, 4) is 0 Å². The number of para-hydroxylation sites is 1. The fourth-order valence-corrected chi connectivity index (χ4v) is 2.56. The van der Waals surface area contributed by atoms with Crippen LogP contribution in [0.25, 0.3) is 10.9 Å². The molecule has 3 aromatic rings. The largest absolute Gasteiger partial charge is 0.309 e. The van der Waals surface area contributed by atoms with Crippen molar-refractivity contribution in [2.75, 3.05) is 7.05 Å². The number of nitrogens with one attached hydrogen (secondary N) is 1. The van der Waals surface area contributed by atoms with Gasteiger partial charge in [0.05, 0.1) is 17.8 Å². The summed E-state index contributed by atoms with van der Waals surface area (Å²) >= 11 is 0. The number of aryl methyl sites for hydroxylation is 1. The van der Waals surface area contributed by atoms with Crippen LogP contribution in [0, 0.1) is 0 Å². The number of pyridine rings is 1. The van der Waals surface area contributed by atoms with Gasteiger partial charge >= 0.3 is 0 Å². The summed E-state index contributed by atoms with van der Waals surface area (Å²) in [5.41, 5.74) is 3.38. The Kier molecular flexibility index (Phi) is 3.48. The second-order valence-corrected chi connectivity index (χ2v) is 4.77. The van der Waals surface area contributed by atoms with E-state index in [1.54, 1.807) is 0 Å². The van der Waals surface area contributed by atoms with Gasteiger partial charge in [-0.15, -0.1) is 0 Å². The molecule has 2 heterocycles. The zero-order valence-electron chi connectivity index (χ0n) is 11.7. The molecule has 20 heavy (non-hydrogen) atoms. The molecular formula is C16H18N4. The fourth-order valence-electron chi connectivity index (χ4n) is 2.56. The fraction of sp³-hybridized carbons (Fsp3) is 0.250. The van der Waals surface area contributed by atoms with Gasteiger partial charge in [-0.1, -0.05) is 24.3 Å². The summed E-state index contributed by atoms with van der Waals surface area (Å²) in [4.78, 5) is 4.54. The topological polar surface area (TPSA) is 42.7 Å². The van der Waals surface area contributed by atoms with Crippen molar-refractivity contribution in [3.05, 3.63) is 60.0 Å². The number of fused-ring (bicyclic) bond motifs is 1. The molecule has 0 spiro atoms. The molecule has 4 nitrogen and oxygen atoms in total. The van der Waals surface area contributed by atoms with E-state index in [9.17, 15) is 0 Å². The molecule has 0 fully saturated rings. The van der Waals surface area contributed by atoms with Gasteiger partial charge in [0.25, 0.3) is 0 Å². The molecule has 1 unspecified atom stereocenters. The first-order chi connectivity index (χ1) is 9.83. The Balaban J connectivity index is 2.11. The van der Waals surface area contributed by atoms with Crippen LogP contribution >= 0.6 is 0 Å². The van der Waals surface area contributed by atoms with Gasteiger partial charge < -0.3 is 5.32 Å². The van der Waals surface area contributed by atoms with Gasteiger partial charge in [0.15, 0.2) is 0 Å². The maximum atomic E-state index is 4.54. The van der Waals surface area contributed by atoms with Gasteiger partial charge in [0, 0.05) is 29.9 Å². The summed E-state index contributed by atoms with van der Waals surface area (Å²) in [6, 6.07) is 10.5. The number of hydrogen-bond acceptors (Lipinski definition) is 3. The molecule has 0 aliphatic carbocycles. The maximum absolute atomic E-state index is 4.54. The minimum absolute atomic E-state index is 0.105. The summed E-state index contributed by atoms with van der Waals surface area (Å²) < 4.78 is 1.94. The lowest BCUT2D eigenvalue weighted by Gasteiger charge is -2.16. The first-order valence-electron chi connectivity index (χ1n) is 6.86. The second-order valence-electron chi connectivity index (χ2n) is 4.77. The number of benzene rings is 1. The first kappa shape index (κ1) is 12.8. The predicted molar refractivity (Wildman–Crippen MR) is 80.5 cm³/mol. The van der Waals surface area contributed by atoms with Crippen molar-refractivity contribution in [2.45, 2.75) is 19.5 Å². The lowest BCUT2D eigenvalue weighted by Crippen LogP contribution is -2.17. The first-order valence-corrected chi connectivity index (χ1v) is 6.86. The van der Waals surface area contributed by atoms with Crippen LogP contribution in [0.2, 0.25) is 0 Å². The molecule has 0 aliphatic rings. The van der Waals surface area contributed by atoms with Crippen LogP contribution in [0.15, 0.2) is 48.9 Å². The molecule has 1 N–H and O–H groups in total. The molecule has 1 atom stereocenters. The highest BCUT2D eigenvalue weighted by atomic mass is 15.3. The molecule has 0 amide bonds. The summed E-state index contributed by atoms with van der Waals surface area (Å²) in [6.45, 7) is 2.97. The third-order valence-corrected chi connectivity index (χ3v) is 3.57. The van der Waals surface area contributed by atoms with Crippen molar-refractivity contribution in [2.24, 2.45) is 0 Å². The van der Waals surface area contributed by atoms with E-state index in [-0.39, 0.29) is 6.04 Å². The molecule has 0 saturated carbocycles. The predicted octanol–water partition coefficient (Wildman–Crippen LogP) is 2.76. The molecule has 0 bridgehead atoms. The lowest BCUT2D eigenvalue weighted by molar-refractivity contribution is 0.654. The Hall–Kier alpha value is -2.20. The van der Waals surface area contributed by atoms with Crippen molar-refractivity contribution in [1.29, 1.82) is 0 Å². The molecular weight excluding hydrogens is 248 g/mol. The SMILES string of the molecule is CCn1cc(C(NC)c2cccc3cccnc23)cn1. The molecule has 2 aromatic heterocycles. The van der Waals surface area contributed by atoms with Crippen LogP contribution in [0.1, 0.15) is 24.1 Å². The van der Waals surface area contributed by atoms with Crippen LogP contribution < -0.4 is 5.32 Å². The third-order valence-electron chi connectivity index (χ3n) is 3.57. The van der Waals surface area contributed by atoms with Crippen molar-refractivity contribution < 1.29 is 0 Å². The molecule has 1 aromatic carbocycles. The third kappa shape index (κ3) is 2.18. The number of aromatic nitrogens is 3. The highest BCUT2D eigenvalue weighted by Crippen LogP contribution is 2.27. The zero-order valence-corrected chi connectivity index (χ0v) is 11.7. The molecule has 102 valence electrons. The number of rotatable bonds is 4. The highest BCUT2D eigenvalue weighted by Gasteiger charge is 2.16. The Bertz CT molecular complexity index is 712. The number of nitrogens with zero attached hydrogens (tertiary/aromatic N) is 3. The Labute approximate surface area is 118 Å². The van der Waals surface area contributed by atoms with Gasteiger partial charge in [0.2, 0.25) is 0 Å². The minimum Gasteiger partial charge on any atom is -0.309 e. The molecule has 0 radical (unpaired) electrons. The second kappa shape index (κ2) is 5.43. The average molecular weight is 266 g/mol. The minimum atomic E-state index is 0.105. The zero-order chi connectivity index (χ0) is 13.9. The van der Waals surface area contributed by atoms with E-state index in [1.807, 2.05) is 30.2 Å². The van der Waals surface area contributed by atoms with Crippen LogP contribution in [0.3, 0.4) is 0 Å². The quantitative estimate of drug-likeness (QED) is 0.789. The molecule has 3 rings (SSSR count). The van der Waals surface area contributed by atoms with E-state index >= 15 is 0 Å². The van der Waals surface area contributed by atoms with E-state index in [0.717, 1.165) is 23.0 Å². The van der Waals surface area contributed by atoms with Crippen LogP contribution in [0.5, 0.6) is 0 Å². The van der Waals surface area contributed by atoms with E-state index < -0.39 is 0 Å². The van der Waals surface area contributed by atoms with Gasteiger partial charge in [-0.3, -0.25) is 9.67 Å². The highest BCUT2D eigenvalue weighted by molar-refractivity contribution is 5.82. The maximum Gasteiger partial charge on any atom is 0.0753 e. The van der Waals surface area contributed by atoms with Crippen LogP contribution in [-0.4, -0.2) is 21.8 Å². The van der Waals surface area contributed by atoms with Crippen LogP contribution in [0.4, 0.5) is 0 Å². The summed E-state index contributed by atoms with van der Waals surface area (Å²) in [5, 5.41) is 8.90. The summed E-state index contributed by atoms with van der Waals surface area (Å²) in [5.74, 6) is 0. The van der Waals surface area contributed by atoms with Crippen molar-refractivity contribution in [1.82, 2.24) is 20.1 Å². The van der Waals surface area contributed by atoms with Gasteiger partial charge in [-0.05, 0) is 25.6 Å². The number of hydrogen-bond donors (Lipinski definition) is 1. The standard InChI is InChI=1S/C16H18N4/c1-3-20-11-13(10-19-20)15(17-2)14-8-4-6-12-7-5-9-18-16(12)14/h4-11,15,17H,3H2,1-2H3. The average Bonchev–Trinajstić information content (AvgIpc) is 2.97. The lowest BCUT2D eigenvalue weighted by atomic mass is 9.99. The van der Waals surface area contributed by atoms with Gasteiger partial charge in [-0.25, -0.2) is 0 Å². The van der Waals surface area contributed by atoms with Crippen LogP contribution in [-0.2, 0) is 6.54 Å². The van der Waals surface area contributed by atoms with E-state index in [1.165, 1.54) is 5.56 Å². The molecule has 4 heteroatoms. The monoisotopic (exact) mass is 266 g/mol. The Morgan fingerprint density at radius 2 is 2.10 bits per heavy atom.